The van der Waals surface area contributed by atoms with Gasteiger partial charge in [0, 0.05) is 25.2 Å². The van der Waals surface area contributed by atoms with E-state index in [1.165, 1.54) is 16.7 Å². The molecule has 1 aliphatic heterocycles. The predicted molar refractivity (Wildman–Crippen MR) is 85.4 cm³/mol. The molecule has 1 aromatic carbocycles. The maximum Gasteiger partial charge on any atom is 0.0475 e. The average molecular weight is 275 g/mol. The van der Waals surface area contributed by atoms with Crippen LogP contribution in [0, 0.1) is 19.8 Å². The molecule has 1 heterocycles. The van der Waals surface area contributed by atoms with E-state index in [0.717, 1.165) is 39.1 Å². The summed E-state index contributed by atoms with van der Waals surface area (Å²) < 4.78 is 5.60. The van der Waals surface area contributed by atoms with E-state index >= 15 is 0 Å². The zero-order valence-electron chi connectivity index (χ0n) is 13.5. The first-order chi connectivity index (χ1) is 9.53. The standard InChI is InChI=1S/C18H29NO/c1-14(2)12-19-13-18(7-9-20-10-8-18)17-6-5-15(3)16(4)11-17/h5-6,11,14,19H,7-10,12-13H2,1-4H3. The molecular weight excluding hydrogens is 246 g/mol. The highest BCUT2D eigenvalue weighted by atomic mass is 16.5. The van der Waals surface area contributed by atoms with E-state index in [9.17, 15) is 0 Å². The van der Waals surface area contributed by atoms with Crippen LogP contribution in [-0.2, 0) is 10.2 Å². The number of aryl methyl sites for hydroxylation is 2. The summed E-state index contributed by atoms with van der Waals surface area (Å²) in [5, 5.41) is 3.67. The van der Waals surface area contributed by atoms with E-state index in [0.29, 0.717) is 5.92 Å². The zero-order chi connectivity index (χ0) is 14.6. The van der Waals surface area contributed by atoms with Crippen molar-refractivity contribution < 1.29 is 4.74 Å². The summed E-state index contributed by atoms with van der Waals surface area (Å²) >= 11 is 0. The number of rotatable bonds is 5. The van der Waals surface area contributed by atoms with Crippen LogP contribution >= 0.6 is 0 Å². The maximum absolute atomic E-state index is 5.60. The molecule has 2 nitrogen and oxygen atoms in total. The molecule has 0 atom stereocenters. The molecule has 0 bridgehead atoms. The zero-order valence-corrected chi connectivity index (χ0v) is 13.5. The summed E-state index contributed by atoms with van der Waals surface area (Å²) in [5.41, 5.74) is 4.52. The average Bonchev–Trinajstić information content (AvgIpc) is 2.42. The number of benzene rings is 1. The van der Waals surface area contributed by atoms with E-state index < -0.39 is 0 Å². The van der Waals surface area contributed by atoms with Crippen molar-refractivity contribution >= 4 is 0 Å². The lowest BCUT2D eigenvalue weighted by atomic mass is 9.73. The molecule has 0 radical (unpaired) electrons. The van der Waals surface area contributed by atoms with Crippen molar-refractivity contribution in [3.8, 4) is 0 Å². The molecule has 1 fully saturated rings. The molecular formula is C18H29NO. The van der Waals surface area contributed by atoms with Crippen LogP contribution in [0.2, 0.25) is 0 Å². The molecule has 1 aliphatic rings. The monoisotopic (exact) mass is 275 g/mol. The Morgan fingerprint density at radius 3 is 2.45 bits per heavy atom. The third kappa shape index (κ3) is 3.62. The van der Waals surface area contributed by atoms with Crippen LogP contribution in [-0.4, -0.2) is 26.3 Å². The van der Waals surface area contributed by atoms with Gasteiger partial charge in [0.15, 0.2) is 0 Å². The van der Waals surface area contributed by atoms with Crippen LogP contribution < -0.4 is 5.32 Å². The van der Waals surface area contributed by atoms with Crippen molar-refractivity contribution in [1.82, 2.24) is 5.32 Å². The highest BCUT2D eigenvalue weighted by molar-refractivity contribution is 5.35. The first kappa shape index (κ1) is 15.5. The first-order valence-corrected chi connectivity index (χ1v) is 7.90. The van der Waals surface area contributed by atoms with Gasteiger partial charge in [-0.15, -0.1) is 0 Å². The van der Waals surface area contributed by atoms with E-state index in [4.69, 9.17) is 4.74 Å². The molecule has 0 amide bonds. The largest absolute Gasteiger partial charge is 0.381 e. The van der Waals surface area contributed by atoms with E-state index in [1.54, 1.807) is 0 Å². The van der Waals surface area contributed by atoms with E-state index in [1.807, 2.05) is 0 Å². The van der Waals surface area contributed by atoms with Crippen LogP contribution in [0.3, 0.4) is 0 Å². The van der Waals surface area contributed by atoms with E-state index in [2.05, 4.69) is 51.2 Å². The Morgan fingerprint density at radius 1 is 1.15 bits per heavy atom. The highest BCUT2D eigenvalue weighted by Gasteiger charge is 2.34. The quantitative estimate of drug-likeness (QED) is 0.886. The predicted octanol–water partition coefficient (Wildman–Crippen LogP) is 3.60. The van der Waals surface area contributed by atoms with Crippen LogP contribution in [0.15, 0.2) is 18.2 Å². The third-order valence-corrected chi connectivity index (χ3v) is 4.59. The second-order valence-corrected chi connectivity index (χ2v) is 6.72. The van der Waals surface area contributed by atoms with Gasteiger partial charge in [-0.25, -0.2) is 0 Å². The molecule has 20 heavy (non-hydrogen) atoms. The normalized spacial score (nSPS) is 18.4. The summed E-state index contributed by atoms with van der Waals surface area (Å²) in [5.74, 6) is 0.701. The molecule has 0 unspecified atom stereocenters. The third-order valence-electron chi connectivity index (χ3n) is 4.59. The van der Waals surface area contributed by atoms with Gasteiger partial charge < -0.3 is 10.1 Å². The second kappa shape index (κ2) is 6.73. The van der Waals surface area contributed by atoms with Gasteiger partial charge in [-0.05, 0) is 55.8 Å². The fourth-order valence-corrected chi connectivity index (χ4v) is 3.00. The molecule has 1 aromatic rings. The SMILES string of the molecule is Cc1ccc(C2(CNCC(C)C)CCOCC2)cc1C. The van der Waals surface area contributed by atoms with Gasteiger partial charge in [0.25, 0.3) is 0 Å². The highest BCUT2D eigenvalue weighted by Crippen LogP contribution is 2.35. The van der Waals surface area contributed by atoms with Crippen molar-refractivity contribution in [3.05, 3.63) is 34.9 Å². The van der Waals surface area contributed by atoms with Gasteiger partial charge in [-0.3, -0.25) is 0 Å². The Balaban J connectivity index is 2.19. The summed E-state index contributed by atoms with van der Waals surface area (Å²) in [6.45, 7) is 12.9. The summed E-state index contributed by atoms with van der Waals surface area (Å²) in [6.07, 6.45) is 2.25. The summed E-state index contributed by atoms with van der Waals surface area (Å²) in [6, 6.07) is 6.98. The molecule has 1 saturated heterocycles. The van der Waals surface area contributed by atoms with Crippen LogP contribution in [0.1, 0.15) is 43.4 Å². The topological polar surface area (TPSA) is 21.3 Å². The van der Waals surface area contributed by atoms with Crippen molar-refractivity contribution in [2.45, 2.75) is 46.0 Å². The lowest BCUT2D eigenvalue weighted by molar-refractivity contribution is 0.0497. The Hall–Kier alpha value is -0.860. The maximum atomic E-state index is 5.60. The fraction of sp³-hybridized carbons (Fsp3) is 0.667. The van der Waals surface area contributed by atoms with E-state index in [-0.39, 0.29) is 5.41 Å². The van der Waals surface area contributed by atoms with Gasteiger partial charge in [-0.2, -0.15) is 0 Å². The van der Waals surface area contributed by atoms with Gasteiger partial charge in [0.05, 0.1) is 0 Å². The summed E-state index contributed by atoms with van der Waals surface area (Å²) in [4.78, 5) is 0. The van der Waals surface area contributed by atoms with Crippen LogP contribution in [0.5, 0.6) is 0 Å². The number of hydrogen-bond donors (Lipinski definition) is 1. The Kier molecular flexibility index (Phi) is 5.22. The molecule has 0 spiro atoms. The minimum atomic E-state index is 0.256. The van der Waals surface area contributed by atoms with Crippen LogP contribution in [0.4, 0.5) is 0 Å². The molecule has 112 valence electrons. The minimum absolute atomic E-state index is 0.256. The minimum Gasteiger partial charge on any atom is -0.381 e. The van der Waals surface area contributed by atoms with Crippen LogP contribution in [0.25, 0.3) is 0 Å². The summed E-state index contributed by atoms with van der Waals surface area (Å²) in [7, 11) is 0. The van der Waals surface area contributed by atoms with Crippen molar-refractivity contribution in [3.63, 3.8) is 0 Å². The molecule has 0 saturated carbocycles. The van der Waals surface area contributed by atoms with Crippen molar-refractivity contribution in [2.24, 2.45) is 5.92 Å². The molecule has 2 heteroatoms. The number of hydrogen-bond acceptors (Lipinski definition) is 2. The van der Waals surface area contributed by atoms with Crippen molar-refractivity contribution in [2.75, 3.05) is 26.3 Å². The van der Waals surface area contributed by atoms with Gasteiger partial charge in [-0.1, -0.05) is 32.0 Å². The fourth-order valence-electron chi connectivity index (χ4n) is 3.00. The number of nitrogens with one attached hydrogen (secondary N) is 1. The first-order valence-electron chi connectivity index (χ1n) is 7.90. The van der Waals surface area contributed by atoms with Gasteiger partial charge in [0.2, 0.25) is 0 Å². The lowest BCUT2D eigenvalue weighted by Crippen LogP contribution is -2.43. The Morgan fingerprint density at radius 2 is 1.85 bits per heavy atom. The van der Waals surface area contributed by atoms with Gasteiger partial charge >= 0.3 is 0 Å². The molecule has 0 aliphatic carbocycles. The second-order valence-electron chi connectivity index (χ2n) is 6.72. The smallest absolute Gasteiger partial charge is 0.0475 e. The lowest BCUT2D eigenvalue weighted by Gasteiger charge is -2.38. The Labute approximate surface area is 123 Å². The Bertz CT molecular complexity index is 433. The van der Waals surface area contributed by atoms with Crippen molar-refractivity contribution in [1.29, 1.82) is 0 Å². The number of ether oxygens (including phenoxy) is 1. The molecule has 1 N–H and O–H groups in total. The molecule has 0 aromatic heterocycles. The van der Waals surface area contributed by atoms with Gasteiger partial charge in [0.1, 0.15) is 0 Å². The molecule has 2 rings (SSSR count).